The SMILES string of the molecule is CC.Cc1cn2cc(C(F)(F)F)ncc2n1. The molecular formula is C10H12F3N3. The number of aryl methyl sites for hydroxylation is 1. The molecule has 0 fully saturated rings. The van der Waals surface area contributed by atoms with Gasteiger partial charge in [-0.1, -0.05) is 13.8 Å². The fraction of sp³-hybridized carbons (Fsp3) is 0.400. The summed E-state index contributed by atoms with van der Waals surface area (Å²) in [5.41, 5.74) is 0.157. The summed E-state index contributed by atoms with van der Waals surface area (Å²) in [5.74, 6) is 0. The van der Waals surface area contributed by atoms with Crippen molar-refractivity contribution in [1.82, 2.24) is 14.4 Å². The molecule has 0 unspecified atom stereocenters. The van der Waals surface area contributed by atoms with Gasteiger partial charge in [0.05, 0.1) is 11.9 Å². The van der Waals surface area contributed by atoms with E-state index in [1.807, 2.05) is 13.8 Å². The number of nitrogens with zero attached hydrogens (tertiary/aromatic N) is 3. The lowest BCUT2D eigenvalue weighted by Gasteiger charge is -2.04. The minimum atomic E-state index is -4.41. The highest BCUT2D eigenvalue weighted by Crippen LogP contribution is 2.27. The van der Waals surface area contributed by atoms with Crippen molar-refractivity contribution in [1.29, 1.82) is 0 Å². The van der Waals surface area contributed by atoms with E-state index in [1.165, 1.54) is 10.6 Å². The van der Waals surface area contributed by atoms with Crippen LogP contribution in [0.5, 0.6) is 0 Å². The van der Waals surface area contributed by atoms with Gasteiger partial charge in [-0.15, -0.1) is 0 Å². The van der Waals surface area contributed by atoms with Crippen LogP contribution in [-0.2, 0) is 6.18 Å². The van der Waals surface area contributed by atoms with Crippen LogP contribution in [0.1, 0.15) is 25.2 Å². The molecule has 0 aliphatic heterocycles. The number of hydrogen-bond donors (Lipinski definition) is 0. The van der Waals surface area contributed by atoms with Gasteiger partial charge in [0.1, 0.15) is 0 Å². The number of halogens is 3. The molecule has 2 heterocycles. The van der Waals surface area contributed by atoms with E-state index in [0.29, 0.717) is 11.3 Å². The van der Waals surface area contributed by atoms with E-state index in [1.54, 1.807) is 6.92 Å². The predicted molar refractivity (Wildman–Crippen MR) is 54.1 cm³/mol. The fourth-order valence-corrected chi connectivity index (χ4v) is 1.17. The fourth-order valence-electron chi connectivity index (χ4n) is 1.17. The zero-order chi connectivity index (χ0) is 12.3. The van der Waals surface area contributed by atoms with E-state index < -0.39 is 11.9 Å². The van der Waals surface area contributed by atoms with Gasteiger partial charge in [-0.05, 0) is 6.92 Å². The monoisotopic (exact) mass is 231 g/mol. The number of aromatic nitrogens is 3. The second kappa shape index (κ2) is 4.51. The van der Waals surface area contributed by atoms with Crippen LogP contribution in [0.15, 0.2) is 18.6 Å². The Labute approximate surface area is 91.0 Å². The van der Waals surface area contributed by atoms with Gasteiger partial charge in [0.25, 0.3) is 0 Å². The van der Waals surface area contributed by atoms with Gasteiger partial charge in [-0.3, -0.25) is 0 Å². The molecule has 0 atom stereocenters. The molecular weight excluding hydrogens is 219 g/mol. The molecule has 0 aliphatic rings. The van der Waals surface area contributed by atoms with Crippen molar-refractivity contribution in [3.63, 3.8) is 0 Å². The molecule has 3 nitrogen and oxygen atoms in total. The normalized spacial score (nSPS) is 11.1. The number of rotatable bonds is 0. The molecule has 0 amide bonds. The first-order valence-corrected chi connectivity index (χ1v) is 4.85. The Morgan fingerprint density at radius 2 is 1.81 bits per heavy atom. The Morgan fingerprint density at radius 1 is 1.19 bits per heavy atom. The summed E-state index contributed by atoms with van der Waals surface area (Å²) in [7, 11) is 0. The average Bonchev–Trinajstić information content (AvgIpc) is 2.58. The molecule has 0 radical (unpaired) electrons. The van der Waals surface area contributed by atoms with Crippen LogP contribution in [0.2, 0.25) is 0 Å². The van der Waals surface area contributed by atoms with Crippen LogP contribution in [0, 0.1) is 6.92 Å². The van der Waals surface area contributed by atoms with Crippen molar-refractivity contribution >= 4 is 5.65 Å². The van der Waals surface area contributed by atoms with Crippen molar-refractivity contribution in [3.05, 3.63) is 30.0 Å². The molecule has 0 aliphatic carbocycles. The van der Waals surface area contributed by atoms with Gasteiger partial charge < -0.3 is 4.40 Å². The number of alkyl halides is 3. The van der Waals surface area contributed by atoms with Gasteiger partial charge in [-0.25, -0.2) is 9.97 Å². The third kappa shape index (κ3) is 2.50. The molecule has 0 saturated carbocycles. The number of imidazole rings is 1. The summed E-state index contributed by atoms with van der Waals surface area (Å²) in [6.07, 6.45) is -0.857. The van der Waals surface area contributed by atoms with E-state index in [-0.39, 0.29) is 0 Å². The third-order valence-electron chi connectivity index (χ3n) is 1.75. The van der Waals surface area contributed by atoms with Crippen LogP contribution < -0.4 is 0 Å². The molecule has 0 saturated heterocycles. The van der Waals surface area contributed by atoms with Crippen LogP contribution in [0.3, 0.4) is 0 Å². The van der Waals surface area contributed by atoms with E-state index in [9.17, 15) is 13.2 Å². The van der Waals surface area contributed by atoms with E-state index in [4.69, 9.17) is 0 Å². The van der Waals surface area contributed by atoms with Gasteiger partial charge in [0, 0.05) is 12.4 Å². The maximum absolute atomic E-state index is 12.2. The Bertz CT molecular complexity index is 474. The van der Waals surface area contributed by atoms with E-state index in [0.717, 1.165) is 12.4 Å². The lowest BCUT2D eigenvalue weighted by atomic mass is 10.4. The Hall–Kier alpha value is -1.59. The zero-order valence-corrected chi connectivity index (χ0v) is 9.21. The van der Waals surface area contributed by atoms with Crippen LogP contribution in [0.25, 0.3) is 5.65 Å². The quantitative estimate of drug-likeness (QED) is 0.697. The van der Waals surface area contributed by atoms with E-state index in [2.05, 4.69) is 9.97 Å². The standard InChI is InChI=1S/C8H6F3N3.C2H6/c1-5-3-14-4-6(8(9,10)11)12-2-7(14)13-5;1-2/h2-4H,1H3;1-2H3. The van der Waals surface area contributed by atoms with Crippen molar-refractivity contribution < 1.29 is 13.2 Å². The van der Waals surface area contributed by atoms with Crippen molar-refractivity contribution in [2.45, 2.75) is 26.9 Å². The van der Waals surface area contributed by atoms with Gasteiger partial charge in [0.15, 0.2) is 11.3 Å². The number of hydrogen-bond acceptors (Lipinski definition) is 2. The first kappa shape index (κ1) is 12.5. The molecule has 0 N–H and O–H groups in total. The largest absolute Gasteiger partial charge is 0.434 e. The Balaban J connectivity index is 0.000000606. The molecule has 0 bridgehead atoms. The average molecular weight is 231 g/mol. The topological polar surface area (TPSA) is 30.2 Å². The molecule has 6 heteroatoms. The van der Waals surface area contributed by atoms with Gasteiger partial charge in [-0.2, -0.15) is 13.2 Å². The zero-order valence-electron chi connectivity index (χ0n) is 9.21. The summed E-state index contributed by atoms with van der Waals surface area (Å²) < 4.78 is 38.0. The predicted octanol–water partition coefficient (Wildman–Crippen LogP) is 3.08. The van der Waals surface area contributed by atoms with E-state index >= 15 is 0 Å². The Morgan fingerprint density at radius 3 is 2.38 bits per heavy atom. The summed E-state index contributed by atoms with van der Waals surface area (Å²) in [4.78, 5) is 7.25. The minimum Gasteiger partial charge on any atom is -0.303 e. The van der Waals surface area contributed by atoms with Crippen molar-refractivity contribution in [2.75, 3.05) is 0 Å². The first-order chi connectivity index (χ1) is 7.47. The smallest absolute Gasteiger partial charge is 0.303 e. The minimum absolute atomic E-state index is 0.413. The molecule has 0 aromatic carbocycles. The maximum Gasteiger partial charge on any atom is 0.434 e. The third-order valence-corrected chi connectivity index (χ3v) is 1.75. The van der Waals surface area contributed by atoms with Crippen molar-refractivity contribution in [3.8, 4) is 0 Å². The molecule has 16 heavy (non-hydrogen) atoms. The van der Waals surface area contributed by atoms with Crippen LogP contribution in [0.4, 0.5) is 13.2 Å². The lowest BCUT2D eigenvalue weighted by Crippen LogP contribution is -2.08. The first-order valence-electron chi connectivity index (χ1n) is 4.85. The summed E-state index contributed by atoms with van der Waals surface area (Å²) >= 11 is 0. The molecule has 2 aromatic heterocycles. The summed E-state index contributed by atoms with van der Waals surface area (Å²) in [6, 6.07) is 0. The van der Waals surface area contributed by atoms with Gasteiger partial charge >= 0.3 is 6.18 Å². The second-order valence-corrected chi connectivity index (χ2v) is 2.92. The highest BCUT2D eigenvalue weighted by atomic mass is 19.4. The highest BCUT2D eigenvalue weighted by molar-refractivity contribution is 5.37. The molecule has 2 rings (SSSR count). The Kier molecular flexibility index (Phi) is 3.51. The maximum atomic E-state index is 12.2. The number of fused-ring (bicyclic) bond motifs is 1. The summed E-state index contributed by atoms with van der Waals surface area (Å²) in [6.45, 7) is 5.71. The molecule has 0 spiro atoms. The van der Waals surface area contributed by atoms with Gasteiger partial charge in [0.2, 0.25) is 0 Å². The summed E-state index contributed by atoms with van der Waals surface area (Å²) in [5, 5.41) is 0. The molecule has 2 aromatic rings. The lowest BCUT2D eigenvalue weighted by molar-refractivity contribution is -0.141. The molecule has 88 valence electrons. The van der Waals surface area contributed by atoms with Crippen molar-refractivity contribution in [2.24, 2.45) is 0 Å². The van der Waals surface area contributed by atoms with Crippen LogP contribution in [-0.4, -0.2) is 14.4 Å². The van der Waals surface area contributed by atoms with Crippen LogP contribution >= 0.6 is 0 Å². The highest BCUT2D eigenvalue weighted by Gasteiger charge is 2.32. The second-order valence-electron chi connectivity index (χ2n) is 2.92.